The SMILES string of the molecule is Cc1cc(S(=O)(=O)N2CCN(C3CCNC3)CC2)sc1Br.Cl. The Morgan fingerprint density at radius 2 is 2.00 bits per heavy atom. The Bertz CT molecular complexity index is 589. The third-order valence-electron chi connectivity index (χ3n) is 4.25. The average Bonchev–Trinajstić information content (AvgIpc) is 3.10. The molecule has 5 nitrogen and oxygen atoms in total. The maximum Gasteiger partial charge on any atom is 0.252 e. The van der Waals surface area contributed by atoms with Gasteiger partial charge in [-0.2, -0.15) is 4.31 Å². The minimum atomic E-state index is -3.33. The van der Waals surface area contributed by atoms with Crippen molar-refractivity contribution < 1.29 is 8.42 Å². The highest BCUT2D eigenvalue weighted by Crippen LogP contribution is 2.32. The summed E-state index contributed by atoms with van der Waals surface area (Å²) < 4.78 is 28.3. The fraction of sp³-hybridized carbons (Fsp3) is 0.692. The lowest BCUT2D eigenvalue weighted by Gasteiger charge is -2.36. The van der Waals surface area contributed by atoms with Gasteiger partial charge in [0.25, 0.3) is 10.0 Å². The van der Waals surface area contributed by atoms with Crippen LogP contribution in [0.25, 0.3) is 0 Å². The van der Waals surface area contributed by atoms with E-state index >= 15 is 0 Å². The number of rotatable bonds is 3. The highest BCUT2D eigenvalue weighted by Gasteiger charge is 2.32. The number of halogens is 2. The summed E-state index contributed by atoms with van der Waals surface area (Å²) in [4.78, 5) is 2.42. The second-order valence-electron chi connectivity index (χ2n) is 5.61. The van der Waals surface area contributed by atoms with Crippen molar-refractivity contribution in [1.82, 2.24) is 14.5 Å². The van der Waals surface area contributed by atoms with E-state index < -0.39 is 10.0 Å². The monoisotopic (exact) mass is 429 g/mol. The third kappa shape index (κ3) is 3.68. The number of thiophene rings is 1. The lowest BCUT2D eigenvalue weighted by molar-refractivity contribution is 0.145. The Hall–Kier alpha value is 0.300. The molecular weight excluding hydrogens is 410 g/mol. The number of hydrogen-bond donors (Lipinski definition) is 1. The molecule has 22 heavy (non-hydrogen) atoms. The molecule has 1 aromatic heterocycles. The van der Waals surface area contributed by atoms with Gasteiger partial charge in [0.2, 0.25) is 0 Å². The molecule has 9 heteroatoms. The van der Waals surface area contributed by atoms with E-state index in [1.807, 2.05) is 6.92 Å². The van der Waals surface area contributed by atoms with Crippen molar-refractivity contribution in [3.63, 3.8) is 0 Å². The molecule has 0 radical (unpaired) electrons. The maximum absolute atomic E-state index is 12.7. The van der Waals surface area contributed by atoms with Crippen LogP contribution in [0.1, 0.15) is 12.0 Å². The van der Waals surface area contributed by atoms with E-state index in [0.717, 1.165) is 35.5 Å². The summed E-state index contributed by atoms with van der Waals surface area (Å²) in [5.41, 5.74) is 0.981. The van der Waals surface area contributed by atoms with Gasteiger partial charge in [-0.3, -0.25) is 4.90 Å². The van der Waals surface area contributed by atoms with E-state index in [2.05, 4.69) is 26.1 Å². The molecule has 0 saturated carbocycles. The van der Waals surface area contributed by atoms with Gasteiger partial charge in [-0.25, -0.2) is 8.42 Å². The molecule has 1 unspecified atom stereocenters. The predicted octanol–water partition coefficient (Wildman–Crippen LogP) is 1.91. The smallest absolute Gasteiger partial charge is 0.252 e. The maximum atomic E-state index is 12.7. The third-order valence-corrected chi connectivity index (χ3v) is 8.74. The minimum Gasteiger partial charge on any atom is -0.315 e. The van der Waals surface area contributed by atoms with Crippen LogP contribution in [0.4, 0.5) is 0 Å². The zero-order valence-corrected chi connectivity index (χ0v) is 16.5. The van der Waals surface area contributed by atoms with Crippen molar-refractivity contribution in [2.24, 2.45) is 0 Å². The molecule has 2 saturated heterocycles. The number of sulfonamides is 1. The van der Waals surface area contributed by atoms with Crippen molar-refractivity contribution in [2.75, 3.05) is 39.3 Å². The van der Waals surface area contributed by atoms with E-state index in [4.69, 9.17) is 0 Å². The zero-order valence-electron chi connectivity index (χ0n) is 12.4. The molecule has 0 amide bonds. The predicted molar refractivity (Wildman–Crippen MR) is 95.6 cm³/mol. The van der Waals surface area contributed by atoms with Crippen LogP contribution in [0.2, 0.25) is 0 Å². The second kappa shape index (κ2) is 7.46. The van der Waals surface area contributed by atoms with Crippen LogP contribution < -0.4 is 5.32 Å². The molecule has 0 aliphatic carbocycles. The standard InChI is InChI=1S/C13H20BrN3O2S2.ClH/c1-10-8-12(20-13(10)14)21(18,19)17-6-4-16(5-7-17)11-2-3-15-9-11;/h8,11,15H,2-7,9H2,1H3;1H. The van der Waals surface area contributed by atoms with Gasteiger partial charge in [0.1, 0.15) is 4.21 Å². The van der Waals surface area contributed by atoms with Gasteiger partial charge in [0, 0.05) is 38.8 Å². The van der Waals surface area contributed by atoms with Crippen molar-refractivity contribution in [2.45, 2.75) is 23.6 Å². The molecule has 2 aliphatic rings. The average molecular weight is 431 g/mol. The molecular formula is C13H21BrClN3O2S2. The van der Waals surface area contributed by atoms with Crippen molar-refractivity contribution in [1.29, 1.82) is 0 Å². The van der Waals surface area contributed by atoms with E-state index in [9.17, 15) is 8.42 Å². The fourth-order valence-corrected chi connectivity index (χ4v) is 6.75. The van der Waals surface area contributed by atoms with Crippen molar-refractivity contribution in [3.05, 3.63) is 15.4 Å². The molecule has 0 aromatic carbocycles. The van der Waals surface area contributed by atoms with Crippen LogP contribution in [0.5, 0.6) is 0 Å². The van der Waals surface area contributed by atoms with Gasteiger partial charge in [-0.15, -0.1) is 23.7 Å². The molecule has 1 atom stereocenters. The first-order valence-electron chi connectivity index (χ1n) is 7.19. The van der Waals surface area contributed by atoms with Gasteiger partial charge in [-0.05, 0) is 47.4 Å². The molecule has 0 bridgehead atoms. The van der Waals surface area contributed by atoms with Gasteiger partial charge in [-0.1, -0.05) is 0 Å². The molecule has 2 aliphatic heterocycles. The summed E-state index contributed by atoms with van der Waals surface area (Å²) >= 11 is 4.71. The molecule has 126 valence electrons. The van der Waals surface area contributed by atoms with E-state index in [0.29, 0.717) is 23.3 Å². The lowest BCUT2D eigenvalue weighted by atomic mass is 10.2. The highest BCUT2D eigenvalue weighted by molar-refractivity contribution is 9.11. The molecule has 1 aromatic rings. The lowest BCUT2D eigenvalue weighted by Crippen LogP contribution is -2.52. The Morgan fingerprint density at radius 1 is 1.32 bits per heavy atom. The van der Waals surface area contributed by atoms with Crippen LogP contribution in [0.15, 0.2) is 14.1 Å². The summed E-state index contributed by atoms with van der Waals surface area (Å²) in [6, 6.07) is 2.34. The second-order valence-corrected chi connectivity index (χ2v) is 10.1. The topological polar surface area (TPSA) is 52.7 Å². The van der Waals surface area contributed by atoms with Gasteiger partial charge in [0.15, 0.2) is 0 Å². The van der Waals surface area contributed by atoms with E-state index in [1.165, 1.54) is 17.8 Å². The first kappa shape index (κ1) is 18.6. The number of aryl methyl sites for hydroxylation is 1. The molecule has 3 heterocycles. The molecule has 0 spiro atoms. The quantitative estimate of drug-likeness (QED) is 0.796. The fourth-order valence-electron chi connectivity index (χ4n) is 2.95. The number of nitrogens with zero attached hydrogens (tertiary/aromatic N) is 2. The van der Waals surface area contributed by atoms with E-state index in [-0.39, 0.29) is 12.4 Å². The largest absolute Gasteiger partial charge is 0.315 e. The van der Waals surface area contributed by atoms with E-state index in [1.54, 1.807) is 10.4 Å². The van der Waals surface area contributed by atoms with Crippen LogP contribution >= 0.6 is 39.7 Å². The Morgan fingerprint density at radius 3 is 2.50 bits per heavy atom. The molecule has 2 fully saturated rings. The highest BCUT2D eigenvalue weighted by atomic mass is 79.9. The number of piperazine rings is 1. The first-order chi connectivity index (χ1) is 9.98. The number of nitrogens with one attached hydrogen (secondary N) is 1. The zero-order chi connectivity index (χ0) is 15.0. The van der Waals surface area contributed by atoms with Crippen LogP contribution in [0, 0.1) is 6.92 Å². The van der Waals surface area contributed by atoms with Crippen molar-refractivity contribution >= 4 is 49.7 Å². The Labute approximate surface area is 150 Å². The summed E-state index contributed by atoms with van der Waals surface area (Å²) in [6.45, 7) is 6.87. The first-order valence-corrected chi connectivity index (χ1v) is 10.2. The Kier molecular flexibility index (Phi) is 6.32. The van der Waals surface area contributed by atoms with Crippen molar-refractivity contribution in [3.8, 4) is 0 Å². The van der Waals surface area contributed by atoms with Gasteiger partial charge in [0.05, 0.1) is 3.79 Å². The van der Waals surface area contributed by atoms with Crippen LogP contribution in [0.3, 0.4) is 0 Å². The summed E-state index contributed by atoms with van der Waals surface area (Å²) in [5.74, 6) is 0. The molecule has 1 N–H and O–H groups in total. The summed E-state index contributed by atoms with van der Waals surface area (Å²) in [7, 11) is -3.33. The summed E-state index contributed by atoms with van der Waals surface area (Å²) in [6.07, 6.45) is 1.17. The summed E-state index contributed by atoms with van der Waals surface area (Å²) in [5, 5.41) is 3.37. The van der Waals surface area contributed by atoms with Crippen LogP contribution in [-0.2, 0) is 10.0 Å². The number of hydrogen-bond acceptors (Lipinski definition) is 5. The van der Waals surface area contributed by atoms with Gasteiger partial charge < -0.3 is 5.32 Å². The molecule has 3 rings (SSSR count). The normalized spacial score (nSPS) is 24.4. The Balaban J connectivity index is 0.00000176. The van der Waals surface area contributed by atoms with Crippen LogP contribution in [-0.4, -0.2) is 62.9 Å². The minimum absolute atomic E-state index is 0. The van der Waals surface area contributed by atoms with Gasteiger partial charge >= 0.3 is 0 Å².